The highest BCUT2D eigenvalue weighted by Crippen LogP contribution is 2.24. The molecule has 1 rings (SSSR count). The number of thiazole rings is 1. The average Bonchev–Trinajstić information content (AvgIpc) is 2.46. The second-order valence-electron chi connectivity index (χ2n) is 3.55. The number of nitrogens with zero attached hydrogens (tertiary/aromatic N) is 1. The van der Waals surface area contributed by atoms with Gasteiger partial charge in [-0.15, -0.1) is 11.3 Å². The van der Waals surface area contributed by atoms with Gasteiger partial charge in [-0.05, 0) is 12.8 Å². The standard InChI is InChI=1S/C10H16N2OS/c1-6(2)10-7(3)14-9(12-10)5-8(13)11-4/h6H,5H2,1-4H3,(H,11,13). The van der Waals surface area contributed by atoms with Crippen molar-refractivity contribution in [1.29, 1.82) is 0 Å². The van der Waals surface area contributed by atoms with Crippen LogP contribution in [0.4, 0.5) is 0 Å². The molecule has 1 amide bonds. The smallest absolute Gasteiger partial charge is 0.226 e. The molecule has 0 fully saturated rings. The molecule has 14 heavy (non-hydrogen) atoms. The zero-order valence-electron chi connectivity index (χ0n) is 9.05. The minimum absolute atomic E-state index is 0.0223. The van der Waals surface area contributed by atoms with E-state index in [4.69, 9.17) is 0 Å². The number of aryl methyl sites for hydroxylation is 1. The monoisotopic (exact) mass is 212 g/mol. The molecular formula is C10H16N2OS. The summed E-state index contributed by atoms with van der Waals surface area (Å²) in [6, 6.07) is 0. The number of aromatic nitrogens is 1. The number of nitrogens with one attached hydrogen (secondary N) is 1. The minimum atomic E-state index is 0.0223. The van der Waals surface area contributed by atoms with E-state index in [0.29, 0.717) is 12.3 Å². The number of hydrogen-bond acceptors (Lipinski definition) is 3. The van der Waals surface area contributed by atoms with Crippen LogP contribution in [-0.2, 0) is 11.2 Å². The molecule has 0 spiro atoms. The number of carbonyl (C=O) groups is 1. The third kappa shape index (κ3) is 2.54. The number of amides is 1. The lowest BCUT2D eigenvalue weighted by atomic mass is 10.1. The quantitative estimate of drug-likeness (QED) is 0.831. The second kappa shape index (κ2) is 4.55. The van der Waals surface area contributed by atoms with E-state index < -0.39 is 0 Å². The zero-order chi connectivity index (χ0) is 10.7. The van der Waals surface area contributed by atoms with Crippen LogP contribution in [0.25, 0.3) is 0 Å². The molecule has 0 atom stereocenters. The fourth-order valence-electron chi connectivity index (χ4n) is 1.30. The van der Waals surface area contributed by atoms with Gasteiger partial charge >= 0.3 is 0 Å². The Labute approximate surface area is 88.6 Å². The predicted molar refractivity (Wildman–Crippen MR) is 58.7 cm³/mol. The predicted octanol–water partition coefficient (Wildman–Crippen LogP) is 1.86. The molecule has 1 N–H and O–H groups in total. The first-order valence-electron chi connectivity index (χ1n) is 4.71. The van der Waals surface area contributed by atoms with Crippen molar-refractivity contribution in [2.75, 3.05) is 7.05 Å². The summed E-state index contributed by atoms with van der Waals surface area (Å²) in [7, 11) is 1.64. The molecule has 0 aromatic carbocycles. The maximum atomic E-state index is 11.1. The molecule has 78 valence electrons. The molecular weight excluding hydrogens is 196 g/mol. The maximum Gasteiger partial charge on any atom is 0.226 e. The summed E-state index contributed by atoms with van der Waals surface area (Å²) in [4.78, 5) is 16.8. The van der Waals surface area contributed by atoms with E-state index in [1.807, 2.05) is 0 Å². The van der Waals surface area contributed by atoms with Crippen LogP contribution in [0.1, 0.15) is 35.3 Å². The highest BCUT2D eigenvalue weighted by Gasteiger charge is 2.12. The SMILES string of the molecule is CNC(=O)Cc1nc(C(C)C)c(C)s1. The Hall–Kier alpha value is -0.900. The largest absolute Gasteiger partial charge is 0.359 e. The Morgan fingerprint density at radius 3 is 2.64 bits per heavy atom. The lowest BCUT2D eigenvalue weighted by Gasteiger charge is -1.99. The number of likely N-dealkylation sites (N-methyl/N-ethyl adjacent to an activating group) is 1. The highest BCUT2D eigenvalue weighted by molar-refractivity contribution is 7.11. The number of rotatable bonds is 3. The Kier molecular flexibility index (Phi) is 3.63. The van der Waals surface area contributed by atoms with E-state index in [0.717, 1.165) is 10.7 Å². The Morgan fingerprint density at radius 1 is 1.57 bits per heavy atom. The van der Waals surface area contributed by atoms with E-state index in [9.17, 15) is 4.79 Å². The van der Waals surface area contributed by atoms with Gasteiger partial charge in [0.25, 0.3) is 0 Å². The molecule has 1 aromatic rings. The van der Waals surface area contributed by atoms with Crippen LogP contribution in [0.2, 0.25) is 0 Å². The molecule has 0 bridgehead atoms. The van der Waals surface area contributed by atoms with Gasteiger partial charge in [-0.1, -0.05) is 13.8 Å². The lowest BCUT2D eigenvalue weighted by molar-refractivity contribution is -0.119. The van der Waals surface area contributed by atoms with Gasteiger partial charge in [0, 0.05) is 11.9 Å². The van der Waals surface area contributed by atoms with Crippen molar-refractivity contribution in [2.24, 2.45) is 0 Å². The first-order valence-corrected chi connectivity index (χ1v) is 5.53. The van der Waals surface area contributed by atoms with E-state index in [1.54, 1.807) is 18.4 Å². The molecule has 0 radical (unpaired) electrons. The van der Waals surface area contributed by atoms with Crippen molar-refractivity contribution in [3.8, 4) is 0 Å². The zero-order valence-corrected chi connectivity index (χ0v) is 9.86. The molecule has 0 saturated heterocycles. The summed E-state index contributed by atoms with van der Waals surface area (Å²) in [5.41, 5.74) is 1.12. The molecule has 3 nitrogen and oxygen atoms in total. The molecule has 0 unspecified atom stereocenters. The summed E-state index contributed by atoms with van der Waals surface area (Å²) in [6.45, 7) is 6.29. The van der Waals surface area contributed by atoms with Gasteiger partial charge in [0.05, 0.1) is 12.1 Å². The topological polar surface area (TPSA) is 42.0 Å². The van der Waals surface area contributed by atoms with E-state index in [1.165, 1.54) is 4.88 Å². The van der Waals surface area contributed by atoms with Gasteiger partial charge in [0.15, 0.2) is 0 Å². The second-order valence-corrected chi connectivity index (χ2v) is 4.84. The van der Waals surface area contributed by atoms with Crippen LogP contribution in [0.15, 0.2) is 0 Å². The van der Waals surface area contributed by atoms with Gasteiger partial charge in [-0.3, -0.25) is 4.79 Å². The van der Waals surface area contributed by atoms with Gasteiger partial charge in [0.1, 0.15) is 5.01 Å². The molecule has 1 heterocycles. The summed E-state index contributed by atoms with van der Waals surface area (Å²) in [5.74, 6) is 0.457. The fourth-order valence-corrected chi connectivity index (χ4v) is 2.39. The number of hydrogen-bond donors (Lipinski definition) is 1. The van der Waals surface area contributed by atoms with Crippen LogP contribution in [0.3, 0.4) is 0 Å². The van der Waals surface area contributed by atoms with Crippen molar-refractivity contribution in [3.05, 3.63) is 15.6 Å². The van der Waals surface area contributed by atoms with Crippen LogP contribution in [0, 0.1) is 6.92 Å². The van der Waals surface area contributed by atoms with Crippen molar-refractivity contribution in [3.63, 3.8) is 0 Å². The Morgan fingerprint density at radius 2 is 2.21 bits per heavy atom. The van der Waals surface area contributed by atoms with Crippen LogP contribution in [0.5, 0.6) is 0 Å². The van der Waals surface area contributed by atoms with Crippen LogP contribution >= 0.6 is 11.3 Å². The van der Waals surface area contributed by atoms with Crippen molar-refractivity contribution in [1.82, 2.24) is 10.3 Å². The average molecular weight is 212 g/mol. The van der Waals surface area contributed by atoms with Gasteiger partial charge < -0.3 is 5.32 Å². The van der Waals surface area contributed by atoms with Crippen molar-refractivity contribution >= 4 is 17.2 Å². The van der Waals surface area contributed by atoms with Crippen LogP contribution in [-0.4, -0.2) is 17.9 Å². The minimum Gasteiger partial charge on any atom is -0.359 e. The van der Waals surface area contributed by atoms with Gasteiger partial charge in [-0.2, -0.15) is 0 Å². The Balaban J connectivity index is 2.81. The van der Waals surface area contributed by atoms with Gasteiger partial charge in [0.2, 0.25) is 5.91 Å². The summed E-state index contributed by atoms with van der Waals surface area (Å²) in [6.07, 6.45) is 0.398. The van der Waals surface area contributed by atoms with Crippen LogP contribution < -0.4 is 5.32 Å². The molecule has 4 heteroatoms. The normalized spacial score (nSPS) is 10.6. The van der Waals surface area contributed by atoms with Gasteiger partial charge in [-0.25, -0.2) is 4.98 Å². The first-order chi connectivity index (χ1) is 6.54. The summed E-state index contributed by atoms with van der Waals surface area (Å²) in [5, 5.41) is 3.51. The third-order valence-corrected chi connectivity index (χ3v) is 3.00. The molecule has 0 aliphatic heterocycles. The number of carbonyl (C=O) groups excluding carboxylic acids is 1. The van der Waals surface area contributed by atoms with Crippen molar-refractivity contribution in [2.45, 2.75) is 33.1 Å². The van der Waals surface area contributed by atoms with Crippen molar-refractivity contribution < 1.29 is 4.79 Å². The lowest BCUT2D eigenvalue weighted by Crippen LogP contribution is -2.19. The summed E-state index contributed by atoms with van der Waals surface area (Å²) >= 11 is 1.61. The third-order valence-electron chi connectivity index (χ3n) is 2.01. The molecule has 0 aliphatic carbocycles. The van der Waals surface area contributed by atoms with E-state index >= 15 is 0 Å². The molecule has 0 saturated carbocycles. The van der Waals surface area contributed by atoms with E-state index in [2.05, 4.69) is 31.1 Å². The summed E-state index contributed by atoms with van der Waals surface area (Å²) < 4.78 is 0. The molecule has 0 aliphatic rings. The molecule has 1 aromatic heterocycles. The fraction of sp³-hybridized carbons (Fsp3) is 0.600. The first kappa shape index (κ1) is 11.2. The maximum absolute atomic E-state index is 11.1. The Bertz CT molecular complexity index is 331. The van der Waals surface area contributed by atoms with E-state index in [-0.39, 0.29) is 5.91 Å². The highest BCUT2D eigenvalue weighted by atomic mass is 32.1.